The third kappa shape index (κ3) is 3.09. The number of aldehydes is 1. The van der Waals surface area contributed by atoms with Crippen molar-refractivity contribution < 1.29 is 35.6 Å². The van der Waals surface area contributed by atoms with Crippen molar-refractivity contribution in [2.24, 2.45) is 0 Å². The monoisotopic (exact) mass is 308 g/mol. The Kier molecular flexibility index (Phi) is 3.56. The molecule has 0 bridgehead atoms. The van der Waals surface area contributed by atoms with Gasteiger partial charge in [0.1, 0.15) is 5.76 Å². The van der Waals surface area contributed by atoms with E-state index in [0.717, 1.165) is 6.07 Å². The lowest BCUT2D eigenvalue weighted by Gasteiger charge is -2.16. The number of hydrogen-bond acceptors (Lipinski definition) is 2. The molecule has 0 radical (unpaired) electrons. The predicted octanol–water partition coefficient (Wildman–Crippen LogP) is 4.80. The highest BCUT2D eigenvalue weighted by Gasteiger charge is 2.43. The van der Waals surface area contributed by atoms with E-state index in [1.807, 2.05) is 0 Å². The lowest BCUT2D eigenvalue weighted by Crippen LogP contribution is -2.16. The van der Waals surface area contributed by atoms with E-state index in [1.165, 1.54) is 12.1 Å². The average molecular weight is 308 g/mol. The molecule has 1 aromatic carbocycles. The second-order valence-corrected chi connectivity index (χ2v) is 4.08. The van der Waals surface area contributed by atoms with Crippen LogP contribution < -0.4 is 0 Å². The standard InChI is InChI=1S/C13H6F6O2/c14-12(15,16)9-3-1-7(5-10(9)13(17,18)19)11-4-2-8(6-20)21-11/h1-6H. The second-order valence-electron chi connectivity index (χ2n) is 4.08. The zero-order valence-electron chi connectivity index (χ0n) is 10.0. The van der Waals surface area contributed by atoms with Gasteiger partial charge in [0.05, 0.1) is 11.1 Å². The van der Waals surface area contributed by atoms with Crippen LogP contribution in [0.5, 0.6) is 0 Å². The van der Waals surface area contributed by atoms with Crippen molar-refractivity contribution >= 4 is 6.29 Å². The summed E-state index contributed by atoms with van der Waals surface area (Å²) < 4.78 is 81.0. The molecule has 0 saturated heterocycles. The normalized spacial score (nSPS) is 12.5. The van der Waals surface area contributed by atoms with Crippen molar-refractivity contribution in [1.29, 1.82) is 0 Å². The second kappa shape index (κ2) is 4.94. The molecule has 0 aliphatic carbocycles. The van der Waals surface area contributed by atoms with E-state index in [0.29, 0.717) is 18.4 Å². The Balaban J connectivity index is 2.59. The fourth-order valence-corrected chi connectivity index (χ4v) is 1.75. The number of rotatable bonds is 2. The molecular weight excluding hydrogens is 302 g/mol. The number of alkyl halides is 6. The van der Waals surface area contributed by atoms with Gasteiger partial charge in [0.2, 0.25) is 0 Å². The van der Waals surface area contributed by atoms with Crippen LogP contribution in [0.3, 0.4) is 0 Å². The number of hydrogen-bond donors (Lipinski definition) is 0. The van der Waals surface area contributed by atoms with E-state index in [1.54, 1.807) is 0 Å². The maximum atomic E-state index is 12.8. The minimum atomic E-state index is -5.17. The van der Waals surface area contributed by atoms with E-state index >= 15 is 0 Å². The minimum Gasteiger partial charge on any atom is -0.453 e. The van der Waals surface area contributed by atoms with Crippen molar-refractivity contribution in [2.75, 3.05) is 0 Å². The molecule has 8 heteroatoms. The highest BCUT2D eigenvalue weighted by atomic mass is 19.4. The largest absolute Gasteiger partial charge is 0.453 e. The van der Waals surface area contributed by atoms with Crippen LogP contribution in [-0.4, -0.2) is 6.29 Å². The average Bonchev–Trinajstić information content (AvgIpc) is 2.84. The zero-order chi connectivity index (χ0) is 15.8. The molecule has 0 spiro atoms. The van der Waals surface area contributed by atoms with Crippen molar-refractivity contribution in [2.45, 2.75) is 12.4 Å². The zero-order valence-corrected chi connectivity index (χ0v) is 10.0. The summed E-state index contributed by atoms with van der Waals surface area (Å²) in [4.78, 5) is 10.4. The minimum absolute atomic E-state index is 0.128. The van der Waals surface area contributed by atoms with Gasteiger partial charge >= 0.3 is 12.4 Å². The van der Waals surface area contributed by atoms with Gasteiger partial charge < -0.3 is 4.42 Å². The number of carbonyl (C=O) groups excluding carboxylic acids is 1. The topological polar surface area (TPSA) is 30.2 Å². The van der Waals surface area contributed by atoms with Crippen LogP contribution in [0, 0.1) is 0 Å². The van der Waals surface area contributed by atoms with Crippen molar-refractivity contribution in [3.63, 3.8) is 0 Å². The fourth-order valence-electron chi connectivity index (χ4n) is 1.75. The molecule has 2 nitrogen and oxygen atoms in total. The van der Waals surface area contributed by atoms with Crippen LogP contribution >= 0.6 is 0 Å². The highest BCUT2D eigenvalue weighted by molar-refractivity contribution is 5.73. The van der Waals surface area contributed by atoms with E-state index in [-0.39, 0.29) is 17.1 Å². The van der Waals surface area contributed by atoms with Gasteiger partial charge in [-0.2, -0.15) is 26.3 Å². The summed E-state index contributed by atoms with van der Waals surface area (Å²) in [7, 11) is 0. The van der Waals surface area contributed by atoms with Gasteiger partial charge in [-0.05, 0) is 24.3 Å². The van der Waals surface area contributed by atoms with Crippen molar-refractivity contribution in [3.05, 3.63) is 47.2 Å². The van der Waals surface area contributed by atoms with Crippen LogP contribution in [-0.2, 0) is 12.4 Å². The van der Waals surface area contributed by atoms with E-state index in [2.05, 4.69) is 0 Å². The quantitative estimate of drug-likeness (QED) is 0.589. The lowest BCUT2D eigenvalue weighted by atomic mass is 10.0. The summed E-state index contributed by atoms with van der Waals surface area (Å²) in [6.45, 7) is 0. The molecule has 0 aliphatic heterocycles. The summed E-state index contributed by atoms with van der Waals surface area (Å²) in [5, 5.41) is 0. The number of benzene rings is 1. The van der Waals surface area contributed by atoms with Crippen LogP contribution in [0.15, 0.2) is 34.7 Å². The molecule has 0 amide bonds. The number of carbonyl (C=O) groups is 1. The summed E-state index contributed by atoms with van der Waals surface area (Å²) in [5.74, 6) is -0.269. The first-order valence-electron chi connectivity index (χ1n) is 5.47. The molecule has 0 N–H and O–H groups in total. The van der Waals surface area contributed by atoms with Gasteiger partial charge in [-0.15, -0.1) is 0 Å². The molecule has 0 saturated carbocycles. The van der Waals surface area contributed by atoms with Gasteiger partial charge in [-0.25, -0.2) is 0 Å². The van der Waals surface area contributed by atoms with Crippen LogP contribution in [0.25, 0.3) is 11.3 Å². The molecule has 0 unspecified atom stereocenters. The van der Waals surface area contributed by atoms with E-state index in [9.17, 15) is 31.1 Å². The van der Waals surface area contributed by atoms with Gasteiger partial charge in [-0.1, -0.05) is 6.07 Å². The highest BCUT2D eigenvalue weighted by Crippen LogP contribution is 2.42. The molecule has 2 aromatic rings. The molecule has 112 valence electrons. The third-order valence-electron chi connectivity index (χ3n) is 2.66. The molecule has 0 fully saturated rings. The van der Waals surface area contributed by atoms with Gasteiger partial charge in [0, 0.05) is 5.56 Å². The van der Waals surface area contributed by atoms with Gasteiger partial charge in [0.15, 0.2) is 12.0 Å². The Hall–Kier alpha value is -2.25. The van der Waals surface area contributed by atoms with Crippen LogP contribution in [0.4, 0.5) is 26.3 Å². The molecule has 21 heavy (non-hydrogen) atoms. The van der Waals surface area contributed by atoms with Crippen molar-refractivity contribution in [3.8, 4) is 11.3 Å². The maximum Gasteiger partial charge on any atom is 0.417 e. The number of furan rings is 1. The summed E-state index contributed by atoms with van der Waals surface area (Å²) in [6.07, 6.45) is -9.96. The van der Waals surface area contributed by atoms with Crippen molar-refractivity contribution in [1.82, 2.24) is 0 Å². The maximum absolute atomic E-state index is 12.8. The Labute approximate surface area is 114 Å². The Morgan fingerprint density at radius 3 is 1.95 bits per heavy atom. The summed E-state index contributed by atoms with van der Waals surface area (Å²) in [5.41, 5.74) is -3.79. The fraction of sp³-hybridized carbons (Fsp3) is 0.154. The summed E-state index contributed by atoms with van der Waals surface area (Å²) in [6, 6.07) is 3.93. The van der Waals surface area contributed by atoms with Gasteiger partial charge in [0.25, 0.3) is 0 Å². The Morgan fingerprint density at radius 2 is 1.48 bits per heavy atom. The van der Waals surface area contributed by atoms with Crippen LogP contribution in [0.2, 0.25) is 0 Å². The molecular formula is C13H6F6O2. The first kappa shape index (κ1) is 15.1. The Bertz CT molecular complexity index is 666. The number of halogens is 6. The summed E-state index contributed by atoms with van der Waals surface area (Å²) >= 11 is 0. The predicted molar refractivity (Wildman–Crippen MR) is 59.5 cm³/mol. The smallest absolute Gasteiger partial charge is 0.417 e. The first-order valence-corrected chi connectivity index (χ1v) is 5.47. The van der Waals surface area contributed by atoms with E-state index in [4.69, 9.17) is 4.42 Å². The molecule has 2 rings (SSSR count). The lowest BCUT2D eigenvalue weighted by molar-refractivity contribution is -0.162. The van der Waals surface area contributed by atoms with Gasteiger partial charge in [-0.3, -0.25) is 4.79 Å². The van der Waals surface area contributed by atoms with Crippen LogP contribution in [0.1, 0.15) is 21.7 Å². The SMILES string of the molecule is O=Cc1ccc(-c2ccc(C(F)(F)F)c(C(F)(F)F)c2)o1. The molecule has 0 atom stereocenters. The molecule has 0 aliphatic rings. The third-order valence-corrected chi connectivity index (χ3v) is 2.66. The molecule has 1 aromatic heterocycles. The first-order chi connectivity index (χ1) is 9.63. The molecule has 1 heterocycles. The van der Waals surface area contributed by atoms with E-state index < -0.39 is 23.5 Å². The Morgan fingerprint density at radius 1 is 0.857 bits per heavy atom.